The number of halogens is 2. The van der Waals surface area contributed by atoms with Gasteiger partial charge >= 0.3 is 0 Å². The summed E-state index contributed by atoms with van der Waals surface area (Å²) in [6.07, 6.45) is 0. The van der Waals surface area contributed by atoms with Crippen LogP contribution < -0.4 is 5.73 Å². The molecule has 0 unspecified atom stereocenters. The van der Waals surface area contributed by atoms with Gasteiger partial charge in [0.05, 0.1) is 0 Å². The molecule has 0 heterocycles. The lowest BCUT2D eigenvalue weighted by molar-refractivity contribution is 0.413. The van der Waals surface area contributed by atoms with Crippen LogP contribution in [0.4, 0.5) is 4.39 Å². The van der Waals surface area contributed by atoms with E-state index < -0.39 is 20.7 Å². The topological polar surface area (TPSA) is 63.4 Å². The molecule has 0 radical (unpaired) electrons. The number of hydrogen-bond acceptors (Lipinski definition) is 3. The Morgan fingerprint density at radius 1 is 1.42 bits per heavy atom. The molecule has 0 saturated carbocycles. The minimum atomic E-state index is -3.90. The van der Waals surface area contributed by atoms with Crippen molar-refractivity contribution in [3.8, 4) is 0 Å². The third-order valence-corrected chi connectivity index (χ3v) is 4.65. The van der Waals surface area contributed by atoms with Crippen molar-refractivity contribution in [2.24, 2.45) is 11.7 Å². The van der Waals surface area contributed by atoms with Gasteiger partial charge < -0.3 is 5.73 Å². The average molecular weight is 309 g/mol. The van der Waals surface area contributed by atoms with Crippen molar-refractivity contribution in [3.05, 3.63) is 28.5 Å². The van der Waals surface area contributed by atoms with Crippen LogP contribution in [0.2, 0.25) is 5.02 Å². The molecular weight excluding hydrogens is 291 g/mol. The lowest BCUT2D eigenvalue weighted by Gasteiger charge is -2.20. The minimum absolute atomic E-state index is 0.0871. The number of hydrogen-bond donors (Lipinski definition) is 1. The Kier molecular flexibility index (Phi) is 5.32. The van der Waals surface area contributed by atoms with Crippen molar-refractivity contribution in [1.82, 2.24) is 4.31 Å². The Labute approximate surface area is 118 Å². The van der Waals surface area contributed by atoms with Gasteiger partial charge in [-0.2, -0.15) is 0 Å². The second kappa shape index (κ2) is 6.17. The van der Waals surface area contributed by atoms with Crippen molar-refractivity contribution in [3.63, 3.8) is 0 Å². The molecule has 2 N–H and O–H groups in total. The first-order valence-electron chi connectivity index (χ1n) is 5.84. The highest BCUT2D eigenvalue weighted by Crippen LogP contribution is 2.26. The summed E-state index contributed by atoms with van der Waals surface area (Å²) in [5.74, 6) is -0.696. The summed E-state index contributed by atoms with van der Waals surface area (Å²) in [5.41, 5.74) is 5.47. The van der Waals surface area contributed by atoms with E-state index >= 15 is 0 Å². The zero-order valence-electron chi connectivity index (χ0n) is 11.2. The van der Waals surface area contributed by atoms with E-state index in [0.29, 0.717) is 6.54 Å². The number of nitrogens with two attached hydrogens (primary N) is 1. The van der Waals surface area contributed by atoms with Crippen molar-refractivity contribution in [2.45, 2.75) is 25.3 Å². The van der Waals surface area contributed by atoms with Crippen LogP contribution >= 0.6 is 11.6 Å². The Morgan fingerprint density at radius 3 is 2.47 bits per heavy atom. The first-order valence-corrected chi connectivity index (χ1v) is 7.66. The summed E-state index contributed by atoms with van der Waals surface area (Å²) in [6, 6.07) is 2.45. The molecule has 0 bridgehead atoms. The maximum atomic E-state index is 14.1. The molecule has 108 valence electrons. The van der Waals surface area contributed by atoms with Crippen molar-refractivity contribution >= 4 is 21.6 Å². The molecule has 0 spiro atoms. The first kappa shape index (κ1) is 16.4. The van der Waals surface area contributed by atoms with Crippen LogP contribution in [0, 0.1) is 11.7 Å². The second-order valence-electron chi connectivity index (χ2n) is 4.76. The number of nitrogens with zero attached hydrogens (tertiary/aromatic N) is 1. The molecule has 0 aliphatic carbocycles. The van der Waals surface area contributed by atoms with Gasteiger partial charge in [0.2, 0.25) is 10.0 Å². The summed E-state index contributed by atoms with van der Waals surface area (Å²) in [5, 5.41) is 0.151. The molecule has 0 saturated heterocycles. The monoisotopic (exact) mass is 308 g/mol. The molecule has 4 nitrogen and oxygen atoms in total. The van der Waals surface area contributed by atoms with Gasteiger partial charge in [-0.25, -0.2) is 17.1 Å². The number of benzene rings is 1. The summed E-state index contributed by atoms with van der Waals surface area (Å²) in [4.78, 5) is -0.427. The molecule has 0 fully saturated rings. The summed E-state index contributed by atoms with van der Waals surface area (Å²) < 4.78 is 39.8. The van der Waals surface area contributed by atoms with Gasteiger partial charge in [-0.05, 0) is 18.1 Å². The van der Waals surface area contributed by atoms with Crippen LogP contribution in [-0.4, -0.2) is 26.3 Å². The Morgan fingerprint density at radius 2 is 2.00 bits per heavy atom. The zero-order chi connectivity index (χ0) is 14.8. The van der Waals surface area contributed by atoms with Gasteiger partial charge in [0.25, 0.3) is 0 Å². The van der Waals surface area contributed by atoms with Gasteiger partial charge in [-0.1, -0.05) is 25.4 Å². The van der Waals surface area contributed by atoms with E-state index in [0.717, 1.165) is 10.4 Å². The maximum Gasteiger partial charge on any atom is 0.245 e. The Bertz CT molecular complexity index is 561. The predicted octanol–water partition coefficient (Wildman–Crippen LogP) is 2.21. The standard InChI is InChI=1S/C12H18ClFN2O2S/c1-8(2)7-16(3)19(17,18)11-5-10(13)4-9(6-15)12(11)14/h4-5,8H,6-7,15H2,1-3H3. The van der Waals surface area contributed by atoms with Crippen LogP contribution in [-0.2, 0) is 16.6 Å². The molecule has 7 heteroatoms. The zero-order valence-corrected chi connectivity index (χ0v) is 12.7. The average Bonchev–Trinajstić information content (AvgIpc) is 2.30. The fraction of sp³-hybridized carbons (Fsp3) is 0.500. The lowest BCUT2D eigenvalue weighted by atomic mass is 10.2. The van der Waals surface area contributed by atoms with E-state index in [1.807, 2.05) is 13.8 Å². The van der Waals surface area contributed by atoms with Crippen LogP contribution in [0.15, 0.2) is 17.0 Å². The normalized spacial score (nSPS) is 12.4. The van der Waals surface area contributed by atoms with Gasteiger partial charge in [0, 0.05) is 30.7 Å². The Balaban J connectivity index is 3.32. The quantitative estimate of drug-likeness (QED) is 0.907. The SMILES string of the molecule is CC(C)CN(C)S(=O)(=O)c1cc(Cl)cc(CN)c1F. The van der Waals surface area contributed by atoms with Crippen LogP contribution in [0.5, 0.6) is 0 Å². The van der Waals surface area contributed by atoms with E-state index in [4.69, 9.17) is 17.3 Å². The number of sulfonamides is 1. The summed E-state index contributed by atoms with van der Waals surface area (Å²) in [7, 11) is -2.49. The predicted molar refractivity (Wildman–Crippen MR) is 74.0 cm³/mol. The second-order valence-corrected chi connectivity index (χ2v) is 7.21. The first-order chi connectivity index (χ1) is 8.70. The molecule has 1 rings (SSSR count). The largest absolute Gasteiger partial charge is 0.326 e. The van der Waals surface area contributed by atoms with Crippen molar-refractivity contribution < 1.29 is 12.8 Å². The third-order valence-electron chi connectivity index (χ3n) is 2.61. The highest BCUT2D eigenvalue weighted by Gasteiger charge is 2.26. The third kappa shape index (κ3) is 3.66. The smallest absolute Gasteiger partial charge is 0.245 e. The van der Waals surface area contributed by atoms with Crippen LogP contribution in [0.1, 0.15) is 19.4 Å². The van der Waals surface area contributed by atoms with Gasteiger partial charge in [0.1, 0.15) is 10.7 Å². The van der Waals surface area contributed by atoms with Crippen molar-refractivity contribution in [2.75, 3.05) is 13.6 Å². The fourth-order valence-corrected chi connectivity index (χ4v) is 3.50. The molecule has 0 aliphatic rings. The fourth-order valence-electron chi connectivity index (χ4n) is 1.73. The minimum Gasteiger partial charge on any atom is -0.326 e. The molecule has 19 heavy (non-hydrogen) atoms. The van der Waals surface area contributed by atoms with Crippen LogP contribution in [0.25, 0.3) is 0 Å². The lowest BCUT2D eigenvalue weighted by Crippen LogP contribution is -2.31. The van der Waals surface area contributed by atoms with E-state index in [1.165, 1.54) is 13.1 Å². The highest BCUT2D eigenvalue weighted by molar-refractivity contribution is 7.89. The molecule has 0 aliphatic heterocycles. The Hall–Kier alpha value is -0.690. The number of rotatable bonds is 5. The van der Waals surface area contributed by atoms with E-state index in [2.05, 4.69) is 0 Å². The van der Waals surface area contributed by atoms with E-state index in [-0.39, 0.29) is 23.0 Å². The van der Waals surface area contributed by atoms with E-state index in [9.17, 15) is 12.8 Å². The maximum absolute atomic E-state index is 14.1. The van der Waals surface area contributed by atoms with Crippen molar-refractivity contribution in [1.29, 1.82) is 0 Å². The molecule has 1 aromatic carbocycles. The molecular formula is C12H18ClFN2O2S. The summed E-state index contributed by atoms with van der Waals surface area (Å²) in [6.45, 7) is 3.95. The van der Waals surface area contributed by atoms with Gasteiger partial charge in [-0.3, -0.25) is 0 Å². The molecule has 0 aromatic heterocycles. The van der Waals surface area contributed by atoms with Gasteiger partial charge in [0.15, 0.2) is 0 Å². The molecule has 1 aromatic rings. The van der Waals surface area contributed by atoms with E-state index in [1.54, 1.807) is 0 Å². The summed E-state index contributed by atoms with van der Waals surface area (Å²) >= 11 is 5.81. The highest BCUT2D eigenvalue weighted by atomic mass is 35.5. The van der Waals surface area contributed by atoms with Crippen LogP contribution in [0.3, 0.4) is 0 Å². The van der Waals surface area contributed by atoms with Gasteiger partial charge in [-0.15, -0.1) is 0 Å². The molecule has 0 amide bonds. The molecule has 0 atom stereocenters.